The molecule has 0 spiro atoms. The van der Waals surface area contributed by atoms with Crippen molar-refractivity contribution in [1.29, 1.82) is 0 Å². The predicted molar refractivity (Wildman–Crippen MR) is 107 cm³/mol. The van der Waals surface area contributed by atoms with Crippen LogP contribution in [0.4, 0.5) is 0 Å². The number of hydrogen-bond donors (Lipinski definition) is 2. The van der Waals surface area contributed by atoms with Crippen molar-refractivity contribution in [2.75, 3.05) is 21.0 Å². The number of nitrogens with one attached hydrogen (secondary N) is 2. The van der Waals surface area contributed by atoms with Crippen LogP contribution >= 0.6 is 12.2 Å². The smallest absolute Gasteiger partial charge is 0.231 e. The van der Waals surface area contributed by atoms with E-state index in [1.807, 2.05) is 43.3 Å². The Bertz CT molecular complexity index is 870. The zero-order chi connectivity index (χ0) is 19.2. The van der Waals surface area contributed by atoms with Crippen LogP contribution in [0, 0.1) is 0 Å². The average Bonchev–Trinajstić information content (AvgIpc) is 3.17. The van der Waals surface area contributed by atoms with Gasteiger partial charge < -0.3 is 24.3 Å². The number of fused-ring (bicyclic) bond motifs is 1. The van der Waals surface area contributed by atoms with E-state index in [0.717, 1.165) is 28.3 Å². The number of rotatable bonds is 6. The molecular formula is C19H21N3O4S. The Morgan fingerprint density at radius 2 is 1.85 bits per heavy atom. The lowest BCUT2D eigenvalue weighted by Gasteiger charge is -2.11. The second-order valence-electron chi connectivity index (χ2n) is 5.75. The number of benzene rings is 2. The van der Waals surface area contributed by atoms with E-state index in [9.17, 15) is 0 Å². The molecule has 0 bridgehead atoms. The summed E-state index contributed by atoms with van der Waals surface area (Å²) in [4.78, 5) is 0. The summed E-state index contributed by atoms with van der Waals surface area (Å²) in [6.07, 6.45) is 0. The Morgan fingerprint density at radius 3 is 2.63 bits per heavy atom. The molecule has 0 unspecified atom stereocenters. The SMILES string of the molecule is COc1ccc(/C(C)=N\NC(=S)NCc2ccc3c(c2)OCO3)cc1OC. The first-order valence-electron chi connectivity index (χ1n) is 8.29. The van der Waals surface area contributed by atoms with Crippen molar-refractivity contribution >= 4 is 23.0 Å². The molecule has 2 N–H and O–H groups in total. The van der Waals surface area contributed by atoms with E-state index in [1.165, 1.54) is 0 Å². The third-order valence-corrected chi connectivity index (χ3v) is 4.25. The minimum atomic E-state index is 0.260. The maximum atomic E-state index is 5.37. The van der Waals surface area contributed by atoms with Crippen molar-refractivity contribution in [3.05, 3.63) is 47.5 Å². The number of ether oxygens (including phenoxy) is 4. The van der Waals surface area contributed by atoms with Gasteiger partial charge in [0.1, 0.15) is 0 Å². The highest BCUT2D eigenvalue weighted by Gasteiger charge is 2.13. The molecule has 0 amide bonds. The molecule has 8 heteroatoms. The first-order chi connectivity index (χ1) is 13.1. The van der Waals surface area contributed by atoms with Crippen molar-refractivity contribution in [3.63, 3.8) is 0 Å². The molecule has 1 aliphatic rings. The Morgan fingerprint density at radius 1 is 1.07 bits per heavy atom. The van der Waals surface area contributed by atoms with Gasteiger partial charge in [-0.3, -0.25) is 5.43 Å². The first-order valence-corrected chi connectivity index (χ1v) is 8.70. The molecule has 7 nitrogen and oxygen atoms in total. The average molecular weight is 387 g/mol. The summed E-state index contributed by atoms with van der Waals surface area (Å²) < 4.78 is 21.2. The van der Waals surface area contributed by atoms with Crippen LogP contribution in [0.2, 0.25) is 0 Å². The van der Waals surface area contributed by atoms with Gasteiger partial charge in [0.15, 0.2) is 28.1 Å². The molecule has 0 fully saturated rings. The molecule has 1 aliphatic heterocycles. The van der Waals surface area contributed by atoms with E-state index in [-0.39, 0.29) is 6.79 Å². The Hall–Kier alpha value is -3.00. The molecule has 0 aliphatic carbocycles. The molecule has 142 valence electrons. The summed E-state index contributed by atoms with van der Waals surface area (Å²) in [6, 6.07) is 11.4. The lowest BCUT2D eigenvalue weighted by molar-refractivity contribution is 0.174. The van der Waals surface area contributed by atoms with E-state index < -0.39 is 0 Å². The monoisotopic (exact) mass is 387 g/mol. The lowest BCUT2D eigenvalue weighted by Crippen LogP contribution is -2.32. The second-order valence-corrected chi connectivity index (χ2v) is 6.16. The van der Waals surface area contributed by atoms with E-state index in [2.05, 4.69) is 15.8 Å². The molecule has 2 aromatic rings. The van der Waals surface area contributed by atoms with Gasteiger partial charge in [0, 0.05) is 12.1 Å². The fourth-order valence-electron chi connectivity index (χ4n) is 2.53. The topological polar surface area (TPSA) is 73.3 Å². The summed E-state index contributed by atoms with van der Waals surface area (Å²) >= 11 is 5.28. The largest absolute Gasteiger partial charge is 0.493 e. The van der Waals surface area contributed by atoms with Gasteiger partial charge in [-0.15, -0.1) is 0 Å². The van der Waals surface area contributed by atoms with Gasteiger partial charge >= 0.3 is 0 Å². The predicted octanol–water partition coefficient (Wildman–Crippen LogP) is 2.82. The third kappa shape index (κ3) is 4.59. The molecule has 27 heavy (non-hydrogen) atoms. The molecule has 0 saturated carbocycles. The maximum absolute atomic E-state index is 5.37. The van der Waals surface area contributed by atoms with Crippen LogP contribution in [0.1, 0.15) is 18.1 Å². The Labute approximate surface area is 163 Å². The summed E-state index contributed by atoms with van der Waals surface area (Å²) in [7, 11) is 3.20. The maximum Gasteiger partial charge on any atom is 0.231 e. The highest BCUT2D eigenvalue weighted by Crippen LogP contribution is 2.32. The Kier molecular flexibility index (Phi) is 5.97. The summed E-state index contributed by atoms with van der Waals surface area (Å²) in [6.45, 7) is 2.69. The van der Waals surface area contributed by atoms with Crippen molar-refractivity contribution in [2.45, 2.75) is 13.5 Å². The molecule has 1 heterocycles. The number of hydrogen-bond acceptors (Lipinski definition) is 6. The van der Waals surface area contributed by atoms with Gasteiger partial charge in [-0.05, 0) is 55.0 Å². The molecule has 2 aromatic carbocycles. The highest BCUT2D eigenvalue weighted by atomic mass is 32.1. The molecule has 0 atom stereocenters. The molecule has 0 radical (unpaired) electrons. The van der Waals surface area contributed by atoms with E-state index in [0.29, 0.717) is 23.2 Å². The van der Waals surface area contributed by atoms with Crippen molar-refractivity contribution in [2.24, 2.45) is 5.10 Å². The third-order valence-electron chi connectivity index (χ3n) is 4.02. The summed E-state index contributed by atoms with van der Waals surface area (Å²) in [5.41, 5.74) is 5.55. The van der Waals surface area contributed by atoms with Crippen LogP contribution < -0.4 is 29.7 Å². The van der Waals surface area contributed by atoms with Gasteiger partial charge in [0.2, 0.25) is 6.79 Å². The van der Waals surface area contributed by atoms with Crippen LogP contribution in [-0.4, -0.2) is 31.8 Å². The quantitative estimate of drug-likeness (QED) is 0.449. The minimum absolute atomic E-state index is 0.260. The normalized spacial score (nSPS) is 12.5. The zero-order valence-electron chi connectivity index (χ0n) is 15.4. The van der Waals surface area contributed by atoms with Crippen molar-refractivity contribution < 1.29 is 18.9 Å². The lowest BCUT2D eigenvalue weighted by atomic mass is 10.1. The van der Waals surface area contributed by atoms with Crippen molar-refractivity contribution in [1.82, 2.24) is 10.7 Å². The van der Waals surface area contributed by atoms with Gasteiger partial charge in [0.25, 0.3) is 0 Å². The van der Waals surface area contributed by atoms with Crippen LogP contribution in [0.3, 0.4) is 0 Å². The van der Waals surface area contributed by atoms with Gasteiger partial charge in [-0.2, -0.15) is 5.10 Å². The van der Waals surface area contributed by atoms with Gasteiger partial charge in [-0.1, -0.05) is 6.07 Å². The van der Waals surface area contributed by atoms with Crippen LogP contribution in [0.5, 0.6) is 23.0 Å². The number of nitrogens with zero attached hydrogens (tertiary/aromatic N) is 1. The summed E-state index contributed by atoms with van der Waals surface area (Å²) in [5, 5.41) is 7.85. The molecular weight excluding hydrogens is 366 g/mol. The van der Waals surface area contributed by atoms with Gasteiger partial charge in [-0.25, -0.2) is 0 Å². The number of methoxy groups -OCH3 is 2. The van der Waals surface area contributed by atoms with Crippen molar-refractivity contribution in [3.8, 4) is 23.0 Å². The van der Waals surface area contributed by atoms with Crippen LogP contribution in [-0.2, 0) is 6.54 Å². The minimum Gasteiger partial charge on any atom is -0.493 e. The first kappa shape index (κ1) is 18.8. The van der Waals surface area contributed by atoms with Crippen LogP contribution in [0.25, 0.3) is 0 Å². The second kappa shape index (κ2) is 8.59. The number of hydrazone groups is 1. The van der Waals surface area contributed by atoms with E-state index in [1.54, 1.807) is 14.2 Å². The summed E-state index contributed by atoms with van der Waals surface area (Å²) in [5.74, 6) is 2.82. The highest BCUT2D eigenvalue weighted by molar-refractivity contribution is 7.80. The fourth-order valence-corrected chi connectivity index (χ4v) is 2.65. The number of thiocarbonyl (C=S) groups is 1. The molecule has 0 saturated heterocycles. The molecule has 3 rings (SSSR count). The van der Waals surface area contributed by atoms with E-state index in [4.69, 9.17) is 31.2 Å². The van der Waals surface area contributed by atoms with E-state index >= 15 is 0 Å². The Balaban J connectivity index is 1.56. The molecule has 0 aromatic heterocycles. The standard InChI is InChI=1S/C19H21N3O4S/c1-12(14-5-7-15(23-2)17(9-14)24-3)21-22-19(27)20-10-13-4-6-16-18(8-13)26-11-25-16/h4-9H,10-11H2,1-3H3,(H2,20,22,27)/b21-12-. The van der Waals surface area contributed by atoms with Gasteiger partial charge in [0.05, 0.1) is 19.9 Å². The zero-order valence-corrected chi connectivity index (χ0v) is 16.2. The fraction of sp³-hybridized carbons (Fsp3) is 0.263. The van der Waals surface area contributed by atoms with Crippen LogP contribution in [0.15, 0.2) is 41.5 Å².